The Labute approximate surface area is 136 Å². The number of aliphatic carboxylic acids is 1. The summed E-state index contributed by atoms with van der Waals surface area (Å²) < 4.78 is 0. The van der Waals surface area contributed by atoms with Gasteiger partial charge in [0.2, 0.25) is 5.91 Å². The molecule has 1 amide bonds. The summed E-state index contributed by atoms with van der Waals surface area (Å²) >= 11 is 0. The van der Waals surface area contributed by atoms with E-state index in [9.17, 15) is 14.7 Å². The lowest BCUT2D eigenvalue weighted by atomic mass is 9.95. The van der Waals surface area contributed by atoms with E-state index in [1.54, 1.807) is 0 Å². The molecule has 0 spiro atoms. The van der Waals surface area contributed by atoms with Crippen molar-refractivity contribution >= 4 is 11.9 Å². The fourth-order valence-electron chi connectivity index (χ4n) is 2.34. The molecule has 1 unspecified atom stereocenters. The van der Waals surface area contributed by atoms with Crippen LogP contribution < -0.4 is 10.4 Å². The molecular weight excluding hydrogens is 290 g/mol. The van der Waals surface area contributed by atoms with Gasteiger partial charge in [-0.3, -0.25) is 4.79 Å². The zero-order valence-electron chi connectivity index (χ0n) is 13.1. The minimum atomic E-state index is -1.19. The number of hydrogen-bond acceptors (Lipinski definition) is 3. The highest BCUT2D eigenvalue weighted by atomic mass is 16.4. The lowest BCUT2D eigenvalue weighted by Crippen LogP contribution is -2.36. The summed E-state index contributed by atoms with van der Waals surface area (Å²) in [7, 11) is 0. The molecule has 2 rings (SSSR count). The third kappa shape index (κ3) is 5.58. The predicted octanol–water partition coefficient (Wildman–Crippen LogP) is 1.61. The van der Waals surface area contributed by atoms with Gasteiger partial charge in [0.05, 0.1) is 0 Å². The second kappa shape index (κ2) is 8.13. The van der Waals surface area contributed by atoms with E-state index in [0.717, 1.165) is 16.7 Å². The molecule has 2 aromatic rings. The standard InChI is InChI=1S/C19H21NO3/c1-14-7-9-15(10-8-14)11-17(19(22)23)12-18(21)20-13-16-5-3-2-4-6-16/h2-10,17H,11-13H2,1H3,(H,20,21)(H,22,23)/p-1. The van der Waals surface area contributed by atoms with Gasteiger partial charge in [-0.1, -0.05) is 60.2 Å². The number of benzene rings is 2. The molecule has 0 fully saturated rings. The van der Waals surface area contributed by atoms with E-state index in [1.807, 2.05) is 61.5 Å². The fourth-order valence-corrected chi connectivity index (χ4v) is 2.34. The lowest BCUT2D eigenvalue weighted by molar-refractivity contribution is -0.311. The second-order valence-electron chi connectivity index (χ2n) is 5.67. The number of nitrogens with one attached hydrogen (secondary N) is 1. The first kappa shape index (κ1) is 16.7. The van der Waals surface area contributed by atoms with Crippen LogP contribution in [-0.4, -0.2) is 11.9 Å². The van der Waals surface area contributed by atoms with Gasteiger partial charge >= 0.3 is 0 Å². The molecule has 0 aliphatic carbocycles. The van der Waals surface area contributed by atoms with Crippen molar-refractivity contribution in [1.29, 1.82) is 0 Å². The first-order chi connectivity index (χ1) is 11.0. The van der Waals surface area contributed by atoms with Crippen LogP contribution in [0.15, 0.2) is 54.6 Å². The highest BCUT2D eigenvalue weighted by Crippen LogP contribution is 2.13. The number of aryl methyl sites for hydroxylation is 1. The van der Waals surface area contributed by atoms with E-state index in [2.05, 4.69) is 5.32 Å². The Balaban J connectivity index is 1.89. The maximum Gasteiger partial charge on any atom is 0.220 e. The molecule has 2 aromatic carbocycles. The molecule has 0 heterocycles. The number of carbonyl (C=O) groups excluding carboxylic acids is 2. The first-order valence-corrected chi connectivity index (χ1v) is 7.61. The highest BCUT2D eigenvalue weighted by Gasteiger charge is 2.15. The van der Waals surface area contributed by atoms with Gasteiger partial charge in [0.25, 0.3) is 0 Å². The largest absolute Gasteiger partial charge is 0.550 e. The molecule has 0 radical (unpaired) electrons. The third-order valence-corrected chi connectivity index (χ3v) is 3.70. The molecule has 0 saturated heterocycles. The summed E-state index contributed by atoms with van der Waals surface area (Å²) in [6.45, 7) is 2.36. The van der Waals surface area contributed by atoms with E-state index in [4.69, 9.17) is 0 Å². The van der Waals surface area contributed by atoms with Crippen molar-refractivity contribution in [1.82, 2.24) is 5.32 Å². The Morgan fingerprint density at radius 3 is 2.26 bits per heavy atom. The molecule has 1 N–H and O–H groups in total. The fraction of sp³-hybridized carbons (Fsp3) is 0.263. The molecule has 1 atom stereocenters. The Kier molecular flexibility index (Phi) is 5.92. The first-order valence-electron chi connectivity index (χ1n) is 7.61. The van der Waals surface area contributed by atoms with Gasteiger partial charge in [-0.25, -0.2) is 0 Å². The van der Waals surface area contributed by atoms with Crippen LogP contribution in [0.5, 0.6) is 0 Å². The zero-order valence-corrected chi connectivity index (χ0v) is 13.1. The van der Waals surface area contributed by atoms with Gasteiger partial charge in [-0.05, 0) is 24.5 Å². The number of carboxylic acid groups (broad SMARTS) is 1. The van der Waals surface area contributed by atoms with Crippen molar-refractivity contribution in [3.8, 4) is 0 Å². The molecule has 120 valence electrons. The maximum absolute atomic E-state index is 12.0. The molecule has 23 heavy (non-hydrogen) atoms. The Hall–Kier alpha value is -2.62. The molecule has 0 bridgehead atoms. The Morgan fingerprint density at radius 1 is 1.00 bits per heavy atom. The number of hydrogen-bond donors (Lipinski definition) is 1. The number of rotatable bonds is 7. The minimum absolute atomic E-state index is 0.0803. The summed E-state index contributed by atoms with van der Waals surface area (Å²) in [6.07, 6.45) is 0.213. The summed E-state index contributed by atoms with van der Waals surface area (Å²) in [5, 5.41) is 14.0. The van der Waals surface area contributed by atoms with Crippen molar-refractivity contribution in [2.24, 2.45) is 5.92 Å². The van der Waals surface area contributed by atoms with Gasteiger partial charge in [-0.2, -0.15) is 0 Å². The van der Waals surface area contributed by atoms with Crippen LogP contribution in [-0.2, 0) is 22.6 Å². The molecule has 0 aliphatic rings. The third-order valence-electron chi connectivity index (χ3n) is 3.70. The number of carbonyl (C=O) groups is 2. The number of carboxylic acids is 1. The van der Waals surface area contributed by atoms with E-state index < -0.39 is 11.9 Å². The highest BCUT2D eigenvalue weighted by molar-refractivity contribution is 5.81. The average molecular weight is 310 g/mol. The Morgan fingerprint density at radius 2 is 1.65 bits per heavy atom. The summed E-state index contributed by atoms with van der Waals surface area (Å²) in [6, 6.07) is 17.1. The predicted molar refractivity (Wildman–Crippen MR) is 86.3 cm³/mol. The van der Waals surface area contributed by atoms with Crippen LogP contribution in [0.3, 0.4) is 0 Å². The number of amides is 1. The molecule has 4 nitrogen and oxygen atoms in total. The van der Waals surface area contributed by atoms with Gasteiger partial charge in [0, 0.05) is 24.9 Å². The Bertz CT molecular complexity index is 650. The van der Waals surface area contributed by atoms with Crippen LogP contribution in [0.2, 0.25) is 0 Å². The second-order valence-corrected chi connectivity index (χ2v) is 5.67. The van der Waals surface area contributed by atoms with E-state index >= 15 is 0 Å². The molecule has 4 heteroatoms. The average Bonchev–Trinajstić information content (AvgIpc) is 2.55. The smallest absolute Gasteiger partial charge is 0.220 e. The van der Waals surface area contributed by atoms with Crippen LogP contribution >= 0.6 is 0 Å². The quantitative estimate of drug-likeness (QED) is 0.844. The molecule has 0 aliphatic heterocycles. The van der Waals surface area contributed by atoms with Crippen molar-refractivity contribution in [3.05, 3.63) is 71.3 Å². The lowest BCUT2D eigenvalue weighted by Gasteiger charge is -2.18. The molecular formula is C19H20NO3-. The SMILES string of the molecule is Cc1ccc(CC(CC(=O)NCc2ccccc2)C(=O)[O-])cc1. The van der Waals surface area contributed by atoms with Gasteiger partial charge in [-0.15, -0.1) is 0 Å². The summed E-state index contributed by atoms with van der Waals surface area (Å²) in [5.41, 5.74) is 2.98. The van der Waals surface area contributed by atoms with Gasteiger partial charge in [0.1, 0.15) is 0 Å². The van der Waals surface area contributed by atoms with Crippen LogP contribution in [0, 0.1) is 12.8 Å². The van der Waals surface area contributed by atoms with Gasteiger partial charge < -0.3 is 15.2 Å². The topological polar surface area (TPSA) is 69.2 Å². The molecule has 0 saturated carbocycles. The van der Waals surface area contributed by atoms with Gasteiger partial charge in [0.15, 0.2) is 0 Å². The monoisotopic (exact) mass is 310 g/mol. The summed E-state index contributed by atoms with van der Waals surface area (Å²) in [4.78, 5) is 23.3. The summed E-state index contributed by atoms with van der Waals surface area (Å²) in [5.74, 6) is -2.30. The molecule has 0 aromatic heterocycles. The zero-order chi connectivity index (χ0) is 16.7. The van der Waals surface area contributed by atoms with Crippen LogP contribution in [0.1, 0.15) is 23.1 Å². The van der Waals surface area contributed by atoms with E-state index in [0.29, 0.717) is 13.0 Å². The van der Waals surface area contributed by atoms with E-state index in [1.165, 1.54) is 0 Å². The van der Waals surface area contributed by atoms with E-state index in [-0.39, 0.29) is 12.3 Å². The van der Waals surface area contributed by atoms with Crippen molar-refractivity contribution < 1.29 is 14.7 Å². The maximum atomic E-state index is 12.0. The normalized spacial score (nSPS) is 11.7. The van der Waals surface area contributed by atoms with Crippen LogP contribution in [0.4, 0.5) is 0 Å². The van der Waals surface area contributed by atoms with Crippen LogP contribution in [0.25, 0.3) is 0 Å². The minimum Gasteiger partial charge on any atom is -0.550 e. The van der Waals surface area contributed by atoms with Crippen molar-refractivity contribution in [3.63, 3.8) is 0 Å². The van der Waals surface area contributed by atoms with Crippen molar-refractivity contribution in [2.75, 3.05) is 0 Å². The van der Waals surface area contributed by atoms with Crippen molar-refractivity contribution in [2.45, 2.75) is 26.3 Å².